The molecule has 0 atom stereocenters. The number of anilines is 1. The number of nitrogens with two attached hydrogens (primary N) is 1. The third-order valence-corrected chi connectivity index (χ3v) is 3.61. The van der Waals surface area contributed by atoms with Crippen molar-refractivity contribution >= 4 is 11.7 Å². The number of aryl methyl sites for hydroxylation is 2. The van der Waals surface area contributed by atoms with E-state index in [4.69, 9.17) is 15.7 Å². The Bertz CT molecular complexity index is 538. The van der Waals surface area contributed by atoms with E-state index in [0.717, 1.165) is 12.8 Å². The quantitative estimate of drug-likeness (QED) is 0.810. The second kappa shape index (κ2) is 4.92. The molecule has 0 bridgehead atoms. The number of esters is 1. The van der Waals surface area contributed by atoms with Crippen molar-refractivity contribution in [1.29, 1.82) is 5.26 Å². The van der Waals surface area contributed by atoms with E-state index in [1.54, 1.807) is 7.05 Å². The van der Waals surface area contributed by atoms with Crippen molar-refractivity contribution in [2.24, 2.45) is 12.5 Å². The minimum atomic E-state index is -0.462. The normalized spacial score (nSPS) is 15.8. The number of carbonyl (C=O) groups is 1. The van der Waals surface area contributed by atoms with Crippen LogP contribution in [0.5, 0.6) is 0 Å². The minimum absolute atomic E-state index is 0.120. The fourth-order valence-corrected chi connectivity index (χ4v) is 2.10. The molecule has 1 aromatic heterocycles. The van der Waals surface area contributed by atoms with Crippen LogP contribution >= 0.6 is 0 Å². The predicted octanol–water partition coefficient (Wildman–Crippen LogP) is 1.42. The lowest BCUT2D eigenvalue weighted by molar-refractivity contribution is 0.0408. The van der Waals surface area contributed by atoms with E-state index < -0.39 is 5.97 Å². The Morgan fingerprint density at radius 2 is 2.32 bits per heavy atom. The Morgan fingerprint density at radius 1 is 1.63 bits per heavy atom. The molecule has 0 saturated heterocycles. The van der Waals surface area contributed by atoms with Crippen LogP contribution < -0.4 is 5.73 Å². The topological polar surface area (TPSA) is 93.9 Å². The van der Waals surface area contributed by atoms with Gasteiger partial charge in [-0.05, 0) is 19.3 Å². The maximum atomic E-state index is 12.0. The summed E-state index contributed by atoms with van der Waals surface area (Å²) in [6.45, 7) is 2.21. The van der Waals surface area contributed by atoms with Crippen molar-refractivity contribution in [2.45, 2.75) is 32.6 Å². The van der Waals surface area contributed by atoms with Gasteiger partial charge in [0.1, 0.15) is 0 Å². The summed E-state index contributed by atoms with van der Waals surface area (Å²) in [5.41, 5.74) is 7.16. The van der Waals surface area contributed by atoms with Crippen LogP contribution in [-0.4, -0.2) is 22.4 Å². The number of ether oxygens (including phenoxy) is 1. The number of aromatic nitrogens is 2. The first-order chi connectivity index (χ1) is 9.03. The van der Waals surface area contributed by atoms with E-state index in [-0.39, 0.29) is 12.0 Å². The molecule has 2 N–H and O–H groups in total. The summed E-state index contributed by atoms with van der Waals surface area (Å²) in [6, 6.07) is 2.14. The van der Waals surface area contributed by atoms with E-state index in [2.05, 4.69) is 11.2 Å². The summed E-state index contributed by atoms with van der Waals surface area (Å²) in [5, 5.41) is 12.9. The number of rotatable bonds is 5. The molecule has 1 heterocycles. The monoisotopic (exact) mass is 262 g/mol. The predicted molar refractivity (Wildman–Crippen MR) is 69.2 cm³/mol. The SMILES string of the molecule is CCc1nn(C)c(C(=O)OCC2(CC#N)CC2)c1N. The van der Waals surface area contributed by atoms with Crippen LogP contribution in [0.25, 0.3) is 0 Å². The fraction of sp³-hybridized carbons (Fsp3) is 0.615. The van der Waals surface area contributed by atoms with Gasteiger partial charge in [-0.25, -0.2) is 4.79 Å². The van der Waals surface area contributed by atoms with E-state index in [1.165, 1.54) is 4.68 Å². The molecule has 0 aromatic carbocycles. The van der Waals surface area contributed by atoms with Gasteiger partial charge in [0, 0.05) is 18.9 Å². The van der Waals surface area contributed by atoms with E-state index >= 15 is 0 Å². The van der Waals surface area contributed by atoms with Crippen LogP contribution in [0, 0.1) is 16.7 Å². The van der Waals surface area contributed by atoms with Crippen LogP contribution in [0.15, 0.2) is 0 Å². The molecule has 1 aromatic rings. The highest BCUT2D eigenvalue weighted by atomic mass is 16.5. The van der Waals surface area contributed by atoms with E-state index in [1.807, 2.05) is 6.92 Å². The molecule has 0 radical (unpaired) electrons. The number of hydrogen-bond donors (Lipinski definition) is 1. The van der Waals surface area contributed by atoms with Crippen molar-refractivity contribution in [3.63, 3.8) is 0 Å². The lowest BCUT2D eigenvalue weighted by atomic mass is 10.1. The van der Waals surface area contributed by atoms with Gasteiger partial charge in [0.2, 0.25) is 0 Å². The largest absolute Gasteiger partial charge is 0.460 e. The first kappa shape index (κ1) is 13.4. The number of nitrogen functional groups attached to an aromatic ring is 1. The molecular formula is C13H18N4O2. The van der Waals surface area contributed by atoms with Crippen LogP contribution in [0.4, 0.5) is 5.69 Å². The Kier molecular flexibility index (Phi) is 3.47. The van der Waals surface area contributed by atoms with Gasteiger partial charge in [0.15, 0.2) is 5.69 Å². The maximum absolute atomic E-state index is 12.0. The molecule has 1 fully saturated rings. The molecule has 2 rings (SSSR count). The summed E-state index contributed by atoms with van der Waals surface area (Å²) >= 11 is 0. The molecule has 1 saturated carbocycles. The Labute approximate surface area is 112 Å². The number of nitrogens with zero attached hydrogens (tertiary/aromatic N) is 3. The molecule has 0 spiro atoms. The summed E-state index contributed by atoms with van der Waals surface area (Å²) in [5.74, 6) is -0.462. The highest BCUT2D eigenvalue weighted by Gasteiger charge is 2.44. The van der Waals surface area contributed by atoms with Gasteiger partial charge < -0.3 is 10.5 Å². The Morgan fingerprint density at radius 3 is 2.79 bits per heavy atom. The molecule has 6 heteroatoms. The summed E-state index contributed by atoms with van der Waals surface area (Å²) in [4.78, 5) is 12.0. The number of nitriles is 1. The van der Waals surface area contributed by atoms with Crippen molar-refractivity contribution in [2.75, 3.05) is 12.3 Å². The molecule has 1 aliphatic carbocycles. The first-order valence-electron chi connectivity index (χ1n) is 6.38. The fourth-order valence-electron chi connectivity index (χ4n) is 2.10. The Hall–Kier alpha value is -2.03. The third-order valence-electron chi connectivity index (χ3n) is 3.61. The molecule has 1 aliphatic rings. The molecule has 0 amide bonds. The van der Waals surface area contributed by atoms with Crippen molar-refractivity contribution in [1.82, 2.24) is 9.78 Å². The summed E-state index contributed by atoms with van der Waals surface area (Å²) < 4.78 is 6.76. The minimum Gasteiger partial charge on any atom is -0.460 e. The second-order valence-corrected chi connectivity index (χ2v) is 5.10. The van der Waals surface area contributed by atoms with Crippen LogP contribution in [0.3, 0.4) is 0 Å². The zero-order valence-corrected chi connectivity index (χ0v) is 11.3. The highest BCUT2D eigenvalue weighted by Crippen LogP contribution is 2.48. The lowest BCUT2D eigenvalue weighted by Crippen LogP contribution is -2.18. The molecule has 0 unspecified atom stereocenters. The van der Waals surface area contributed by atoms with Gasteiger partial charge in [0.25, 0.3) is 0 Å². The summed E-state index contributed by atoms with van der Waals surface area (Å²) in [7, 11) is 1.67. The average molecular weight is 262 g/mol. The Balaban J connectivity index is 2.05. The van der Waals surface area contributed by atoms with Gasteiger partial charge in [-0.15, -0.1) is 0 Å². The maximum Gasteiger partial charge on any atom is 0.358 e. The van der Waals surface area contributed by atoms with Gasteiger partial charge in [-0.1, -0.05) is 6.92 Å². The lowest BCUT2D eigenvalue weighted by Gasteiger charge is -2.11. The number of hydrogen-bond acceptors (Lipinski definition) is 5. The molecule has 102 valence electrons. The molecule has 19 heavy (non-hydrogen) atoms. The van der Waals surface area contributed by atoms with E-state index in [9.17, 15) is 4.79 Å². The molecule has 0 aliphatic heterocycles. The summed E-state index contributed by atoms with van der Waals surface area (Å²) in [6.07, 6.45) is 2.98. The van der Waals surface area contributed by atoms with Crippen molar-refractivity contribution < 1.29 is 9.53 Å². The zero-order valence-electron chi connectivity index (χ0n) is 11.3. The number of carbonyl (C=O) groups excluding carboxylic acids is 1. The van der Waals surface area contributed by atoms with E-state index in [0.29, 0.717) is 29.9 Å². The molecule has 6 nitrogen and oxygen atoms in total. The zero-order chi connectivity index (χ0) is 14.0. The third kappa shape index (κ3) is 2.55. The van der Waals surface area contributed by atoms with Crippen molar-refractivity contribution in [3.05, 3.63) is 11.4 Å². The first-order valence-corrected chi connectivity index (χ1v) is 6.38. The second-order valence-electron chi connectivity index (χ2n) is 5.10. The van der Waals surface area contributed by atoms with Crippen LogP contribution in [0.2, 0.25) is 0 Å². The van der Waals surface area contributed by atoms with Gasteiger partial charge in [0.05, 0.1) is 24.1 Å². The van der Waals surface area contributed by atoms with Gasteiger partial charge in [-0.3, -0.25) is 4.68 Å². The van der Waals surface area contributed by atoms with Gasteiger partial charge >= 0.3 is 5.97 Å². The highest BCUT2D eigenvalue weighted by molar-refractivity contribution is 5.93. The average Bonchev–Trinajstić information content (AvgIpc) is 3.07. The standard InChI is InChI=1S/C13H18N4O2/c1-3-9-10(15)11(17(2)16-9)12(18)19-8-13(4-5-13)6-7-14/h3-6,8,15H2,1-2H3. The van der Waals surface area contributed by atoms with Gasteiger partial charge in [-0.2, -0.15) is 10.4 Å². The van der Waals surface area contributed by atoms with Crippen LogP contribution in [0.1, 0.15) is 42.4 Å². The van der Waals surface area contributed by atoms with Crippen LogP contribution in [-0.2, 0) is 18.2 Å². The molecular weight excluding hydrogens is 244 g/mol. The van der Waals surface area contributed by atoms with Crippen molar-refractivity contribution in [3.8, 4) is 6.07 Å². The smallest absolute Gasteiger partial charge is 0.358 e.